The minimum atomic E-state index is -0.220. The van der Waals surface area contributed by atoms with Gasteiger partial charge >= 0.3 is 0 Å². The zero-order valence-corrected chi connectivity index (χ0v) is 16.0. The first-order valence-electron chi connectivity index (χ1n) is 9.05. The summed E-state index contributed by atoms with van der Waals surface area (Å²) in [6, 6.07) is 17.2. The summed E-state index contributed by atoms with van der Waals surface area (Å²) in [4.78, 5) is 16.7. The highest BCUT2D eigenvalue weighted by Crippen LogP contribution is 2.20. The van der Waals surface area contributed by atoms with E-state index in [1.807, 2.05) is 43.3 Å². The summed E-state index contributed by atoms with van der Waals surface area (Å²) < 4.78 is 6.67. The molecular weight excluding hydrogens is 352 g/mol. The van der Waals surface area contributed by atoms with E-state index < -0.39 is 0 Å². The monoisotopic (exact) mass is 372 g/mol. The molecule has 2 aromatic heterocycles. The molecule has 0 atom stereocenters. The van der Waals surface area contributed by atoms with Crippen molar-refractivity contribution in [3.05, 3.63) is 87.5 Å². The molecule has 0 radical (unpaired) electrons. The smallest absolute Gasteiger partial charge is 0.267 e. The molecule has 4 rings (SSSR count). The third-order valence-corrected chi connectivity index (χ3v) is 4.73. The van der Waals surface area contributed by atoms with Gasteiger partial charge in [-0.3, -0.25) is 4.79 Å². The summed E-state index contributed by atoms with van der Waals surface area (Å²) in [7, 11) is 0. The molecule has 0 saturated heterocycles. The fourth-order valence-corrected chi connectivity index (χ4v) is 2.88. The van der Waals surface area contributed by atoms with Crippen LogP contribution in [-0.4, -0.2) is 19.9 Å². The van der Waals surface area contributed by atoms with Crippen LogP contribution in [0, 0.1) is 20.8 Å². The van der Waals surface area contributed by atoms with Crippen molar-refractivity contribution in [1.82, 2.24) is 19.9 Å². The van der Waals surface area contributed by atoms with Crippen LogP contribution in [-0.2, 0) is 6.54 Å². The first kappa shape index (κ1) is 17.9. The lowest BCUT2D eigenvalue weighted by atomic mass is 10.0. The van der Waals surface area contributed by atoms with Crippen LogP contribution in [0.3, 0.4) is 0 Å². The summed E-state index contributed by atoms with van der Waals surface area (Å²) in [5, 5.41) is 8.49. The summed E-state index contributed by atoms with van der Waals surface area (Å²) in [6.45, 7) is 6.26. The maximum Gasteiger partial charge on any atom is 0.267 e. The lowest BCUT2D eigenvalue weighted by molar-refractivity contribution is 0.363. The number of rotatable bonds is 4. The Hall–Kier alpha value is -3.54. The van der Waals surface area contributed by atoms with Crippen LogP contribution < -0.4 is 5.56 Å². The van der Waals surface area contributed by atoms with Crippen LogP contribution in [0.25, 0.3) is 22.6 Å². The predicted molar refractivity (Wildman–Crippen MR) is 107 cm³/mol. The molecule has 0 aliphatic carbocycles. The van der Waals surface area contributed by atoms with Gasteiger partial charge in [-0.15, -0.1) is 0 Å². The maximum atomic E-state index is 12.3. The van der Waals surface area contributed by atoms with Crippen molar-refractivity contribution >= 4 is 0 Å². The van der Waals surface area contributed by atoms with Gasteiger partial charge in [0.1, 0.15) is 6.54 Å². The molecule has 6 nitrogen and oxygen atoms in total. The van der Waals surface area contributed by atoms with Crippen LogP contribution in [0.1, 0.15) is 22.6 Å². The summed E-state index contributed by atoms with van der Waals surface area (Å²) >= 11 is 0. The zero-order chi connectivity index (χ0) is 19.7. The van der Waals surface area contributed by atoms with Gasteiger partial charge in [-0.05, 0) is 44.0 Å². The number of nitrogens with zero attached hydrogens (tertiary/aromatic N) is 4. The number of aromatic nitrogens is 4. The second-order valence-corrected chi connectivity index (χ2v) is 6.89. The van der Waals surface area contributed by atoms with Crippen LogP contribution >= 0.6 is 0 Å². The largest absolute Gasteiger partial charge is 0.337 e. The van der Waals surface area contributed by atoms with E-state index in [0.29, 0.717) is 11.7 Å². The van der Waals surface area contributed by atoms with E-state index in [2.05, 4.69) is 35.2 Å². The van der Waals surface area contributed by atoms with E-state index >= 15 is 0 Å². The molecule has 140 valence electrons. The molecule has 6 heteroatoms. The number of benzene rings is 2. The van der Waals surface area contributed by atoms with Crippen LogP contribution in [0.15, 0.2) is 63.9 Å². The molecule has 28 heavy (non-hydrogen) atoms. The standard InChI is InChI=1S/C22H20N4O2/c1-14-4-7-17(8-5-14)22-23-20(28-25-22)13-26-21(27)11-10-19(24-26)18-9-6-15(2)16(3)12-18/h4-12H,13H2,1-3H3. The molecule has 0 saturated carbocycles. The Morgan fingerprint density at radius 2 is 1.64 bits per heavy atom. The third-order valence-electron chi connectivity index (χ3n) is 4.73. The van der Waals surface area contributed by atoms with Gasteiger partial charge in [0.25, 0.3) is 5.56 Å². The van der Waals surface area contributed by atoms with E-state index in [1.165, 1.54) is 21.9 Å². The second-order valence-electron chi connectivity index (χ2n) is 6.89. The molecule has 0 spiro atoms. The highest BCUT2D eigenvalue weighted by molar-refractivity contribution is 5.60. The summed E-state index contributed by atoms with van der Waals surface area (Å²) in [5.41, 5.74) is 5.88. The van der Waals surface area contributed by atoms with E-state index in [9.17, 15) is 4.79 Å². The van der Waals surface area contributed by atoms with Gasteiger partial charge in [0.05, 0.1) is 5.69 Å². The van der Waals surface area contributed by atoms with Crippen molar-refractivity contribution in [3.8, 4) is 22.6 Å². The second kappa shape index (κ2) is 7.23. The van der Waals surface area contributed by atoms with Crippen molar-refractivity contribution in [3.63, 3.8) is 0 Å². The van der Waals surface area contributed by atoms with Gasteiger partial charge in [0.2, 0.25) is 11.7 Å². The van der Waals surface area contributed by atoms with Crippen molar-refractivity contribution < 1.29 is 4.52 Å². The van der Waals surface area contributed by atoms with Crippen LogP contribution in [0.2, 0.25) is 0 Å². The number of hydrogen-bond donors (Lipinski definition) is 0. The van der Waals surface area contributed by atoms with Crippen molar-refractivity contribution in [2.75, 3.05) is 0 Å². The molecule has 0 bridgehead atoms. The number of hydrogen-bond acceptors (Lipinski definition) is 5. The van der Waals surface area contributed by atoms with Gasteiger partial charge < -0.3 is 4.52 Å². The Balaban J connectivity index is 1.62. The SMILES string of the molecule is Cc1ccc(-c2noc(Cn3nc(-c4ccc(C)c(C)c4)ccc3=O)n2)cc1. The zero-order valence-electron chi connectivity index (χ0n) is 16.0. The highest BCUT2D eigenvalue weighted by atomic mass is 16.5. The van der Waals surface area contributed by atoms with Gasteiger partial charge in [-0.1, -0.05) is 47.1 Å². The van der Waals surface area contributed by atoms with E-state index in [4.69, 9.17) is 4.52 Å². The van der Waals surface area contributed by atoms with Gasteiger partial charge in [-0.2, -0.15) is 10.1 Å². The Morgan fingerprint density at radius 3 is 2.39 bits per heavy atom. The van der Waals surface area contributed by atoms with Crippen molar-refractivity contribution in [1.29, 1.82) is 0 Å². The van der Waals surface area contributed by atoms with Gasteiger partial charge in [0.15, 0.2) is 0 Å². The summed E-state index contributed by atoms with van der Waals surface area (Å²) in [5.74, 6) is 0.829. The Morgan fingerprint density at radius 1 is 0.893 bits per heavy atom. The minimum absolute atomic E-state index is 0.121. The van der Waals surface area contributed by atoms with Crippen molar-refractivity contribution in [2.45, 2.75) is 27.3 Å². The van der Waals surface area contributed by atoms with Crippen LogP contribution in [0.5, 0.6) is 0 Å². The fourth-order valence-electron chi connectivity index (χ4n) is 2.88. The van der Waals surface area contributed by atoms with E-state index in [0.717, 1.165) is 22.4 Å². The van der Waals surface area contributed by atoms with Gasteiger partial charge in [-0.25, -0.2) is 4.68 Å². The first-order chi connectivity index (χ1) is 13.5. The number of aryl methyl sites for hydroxylation is 3. The van der Waals surface area contributed by atoms with E-state index in [1.54, 1.807) is 6.07 Å². The molecular formula is C22H20N4O2. The van der Waals surface area contributed by atoms with Crippen molar-refractivity contribution in [2.24, 2.45) is 0 Å². The molecule has 0 fully saturated rings. The Kier molecular flexibility index (Phi) is 4.61. The molecule has 2 aromatic carbocycles. The lowest BCUT2D eigenvalue weighted by Crippen LogP contribution is -2.23. The van der Waals surface area contributed by atoms with Gasteiger partial charge in [0, 0.05) is 17.2 Å². The average Bonchev–Trinajstić information content (AvgIpc) is 3.15. The molecule has 0 N–H and O–H groups in total. The fraction of sp³-hybridized carbons (Fsp3) is 0.182. The molecule has 4 aromatic rings. The highest BCUT2D eigenvalue weighted by Gasteiger charge is 2.11. The Bertz CT molecular complexity index is 1190. The quantitative estimate of drug-likeness (QED) is 0.543. The molecule has 0 amide bonds. The average molecular weight is 372 g/mol. The third kappa shape index (κ3) is 3.62. The molecule has 0 unspecified atom stereocenters. The Labute approximate surface area is 162 Å². The molecule has 0 aliphatic heterocycles. The summed E-state index contributed by atoms with van der Waals surface area (Å²) in [6.07, 6.45) is 0. The predicted octanol–water partition coefficient (Wildman–Crippen LogP) is 3.93. The first-order valence-corrected chi connectivity index (χ1v) is 9.05. The maximum absolute atomic E-state index is 12.3. The normalized spacial score (nSPS) is 11.0. The minimum Gasteiger partial charge on any atom is -0.337 e. The topological polar surface area (TPSA) is 73.8 Å². The van der Waals surface area contributed by atoms with Crippen LogP contribution in [0.4, 0.5) is 0 Å². The molecule has 0 aliphatic rings. The lowest BCUT2D eigenvalue weighted by Gasteiger charge is -2.07. The molecule has 2 heterocycles. The van der Waals surface area contributed by atoms with E-state index in [-0.39, 0.29) is 12.1 Å².